The molecule has 2 nitrogen and oxygen atoms in total. The Morgan fingerprint density at radius 1 is 1.36 bits per heavy atom. The molecule has 0 spiro atoms. The molecule has 2 N–H and O–H groups in total. The van der Waals surface area contributed by atoms with Gasteiger partial charge in [-0.15, -0.1) is 0 Å². The SMILES string of the molecule is OC1(CNCC2CC=CCC2)CCC1. The van der Waals surface area contributed by atoms with Crippen LogP contribution in [0, 0.1) is 5.92 Å². The molecule has 80 valence electrons. The summed E-state index contributed by atoms with van der Waals surface area (Å²) in [5.41, 5.74) is -0.357. The minimum atomic E-state index is -0.357. The van der Waals surface area contributed by atoms with Crippen LogP contribution in [0.25, 0.3) is 0 Å². The molecule has 0 aromatic carbocycles. The van der Waals surface area contributed by atoms with Crippen LogP contribution in [-0.4, -0.2) is 23.8 Å². The molecule has 0 aliphatic heterocycles. The molecule has 1 unspecified atom stereocenters. The van der Waals surface area contributed by atoms with Gasteiger partial charge in [-0.2, -0.15) is 0 Å². The summed E-state index contributed by atoms with van der Waals surface area (Å²) >= 11 is 0. The number of hydrogen-bond donors (Lipinski definition) is 2. The normalized spacial score (nSPS) is 29.9. The molecular weight excluding hydrogens is 174 g/mol. The van der Waals surface area contributed by atoms with Crippen LogP contribution in [0.5, 0.6) is 0 Å². The zero-order valence-electron chi connectivity index (χ0n) is 8.84. The molecule has 1 atom stereocenters. The van der Waals surface area contributed by atoms with E-state index in [1.54, 1.807) is 0 Å². The lowest BCUT2D eigenvalue weighted by Crippen LogP contribution is -2.47. The summed E-state index contributed by atoms with van der Waals surface area (Å²) in [6.45, 7) is 1.87. The molecule has 0 aromatic heterocycles. The first-order chi connectivity index (χ1) is 6.79. The van der Waals surface area contributed by atoms with Gasteiger partial charge < -0.3 is 10.4 Å². The zero-order chi connectivity index (χ0) is 9.86. The van der Waals surface area contributed by atoms with Crippen molar-refractivity contribution in [1.29, 1.82) is 0 Å². The third kappa shape index (κ3) is 2.58. The lowest BCUT2D eigenvalue weighted by Gasteiger charge is -2.37. The van der Waals surface area contributed by atoms with E-state index in [2.05, 4.69) is 17.5 Å². The van der Waals surface area contributed by atoms with Gasteiger partial charge in [0.1, 0.15) is 0 Å². The van der Waals surface area contributed by atoms with Gasteiger partial charge in [0.05, 0.1) is 5.60 Å². The second-order valence-electron chi connectivity index (χ2n) is 4.86. The Balaban J connectivity index is 1.60. The summed E-state index contributed by atoms with van der Waals surface area (Å²) in [4.78, 5) is 0. The predicted octanol–water partition coefficient (Wildman–Crippen LogP) is 1.85. The van der Waals surface area contributed by atoms with E-state index in [9.17, 15) is 5.11 Å². The number of hydrogen-bond acceptors (Lipinski definition) is 2. The first kappa shape index (κ1) is 10.2. The van der Waals surface area contributed by atoms with Gasteiger partial charge in [0, 0.05) is 6.54 Å². The van der Waals surface area contributed by atoms with Crippen LogP contribution in [0.3, 0.4) is 0 Å². The van der Waals surface area contributed by atoms with Gasteiger partial charge in [-0.05, 0) is 51.0 Å². The van der Waals surface area contributed by atoms with E-state index < -0.39 is 0 Å². The van der Waals surface area contributed by atoms with E-state index >= 15 is 0 Å². The highest BCUT2D eigenvalue weighted by Gasteiger charge is 2.33. The Kier molecular flexibility index (Phi) is 3.24. The molecule has 2 aliphatic rings. The maximum Gasteiger partial charge on any atom is 0.0771 e. The van der Waals surface area contributed by atoms with Gasteiger partial charge in [0.15, 0.2) is 0 Å². The van der Waals surface area contributed by atoms with Crippen molar-refractivity contribution in [3.05, 3.63) is 12.2 Å². The van der Waals surface area contributed by atoms with Gasteiger partial charge in [-0.1, -0.05) is 12.2 Å². The van der Waals surface area contributed by atoms with E-state index in [-0.39, 0.29) is 5.60 Å². The maximum atomic E-state index is 9.86. The molecular formula is C12H21NO. The third-order valence-corrected chi connectivity index (χ3v) is 3.55. The zero-order valence-corrected chi connectivity index (χ0v) is 8.84. The first-order valence-corrected chi connectivity index (χ1v) is 5.87. The smallest absolute Gasteiger partial charge is 0.0771 e. The first-order valence-electron chi connectivity index (χ1n) is 5.87. The maximum absolute atomic E-state index is 9.86. The fourth-order valence-corrected chi connectivity index (χ4v) is 2.31. The molecule has 1 fully saturated rings. The van der Waals surface area contributed by atoms with Gasteiger partial charge in [0.25, 0.3) is 0 Å². The Hall–Kier alpha value is -0.340. The highest BCUT2D eigenvalue weighted by Crippen LogP contribution is 2.30. The van der Waals surface area contributed by atoms with Gasteiger partial charge in [-0.25, -0.2) is 0 Å². The van der Waals surface area contributed by atoms with E-state index in [4.69, 9.17) is 0 Å². The fourth-order valence-electron chi connectivity index (χ4n) is 2.31. The van der Waals surface area contributed by atoms with E-state index in [1.807, 2.05) is 0 Å². The quantitative estimate of drug-likeness (QED) is 0.671. The number of allylic oxidation sites excluding steroid dienone is 2. The highest BCUT2D eigenvalue weighted by molar-refractivity contribution is 4.92. The summed E-state index contributed by atoms with van der Waals surface area (Å²) in [5.74, 6) is 0.795. The lowest BCUT2D eigenvalue weighted by molar-refractivity contribution is -0.0317. The van der Waals surface area contributed by atoms with Crippen LogP contribution in [-0.2, 0) is 0 Å². The molecule has 0 bridgehead atoms. The van der Waals surface area contributed by atoms with Crippen molar-refractivity contribution in [2.75, 3.05) is 13.1 Å². The molecule has 0 amide bonds. The Labute approximate surface area is 86.4 Å². The van der Waals surface area contributed by atoms with Crippen LogP contribution in [0.15, 0.2) is 12.2 Å². The standard InChI is InChI=1S/C12H21NO/c14-12(7-4-8-12)10-13-9-11-5-2-1-3-6-11/h1-2,11,13-14H,3-10H2. The summed E-state index contributed by atoms with van der Waals surface area (Å²) in [6, 6.07) is 0. The number of nitrogens with one attached hydrogen (secondary N) is 1. The van der Waals surface area contributed by atoms with Crippen molar-refractivity contribution in [2.45, 2.75) is 44.1 Å². The van der Waals surface area contributed by atoms with Crippen molar-refractivity contribution in [1.82, 2.24) is 5.32 Å². The van der Waals surface area contributed by atoms with Gasteiger partial charge in [-0.3, -0.25) is 0 Å². The van der Waals surface area contributed by atoms with E-state index in [0.29, 0.717) is 0 Å². The van der Waals surface area contributed by atoms with Crippen molar-refractivity contribution in [3.8, 4) is 0 Å². The van der Waals surface area contributed by atoms with E-state index in [0.717, 1.165) is 31.8 Å². The van der Waals surface area contributed by atoms with Crippen LogP contribution in [0.4, 0.5) is 0 Å². The summed E-state index contributed by atoms with van der Waals surface area (Å²) in [7, 11) is 0. The predicted molar refractivity (Wildman–Crippen MR) is 58.2 cm³/mol. The summed E-state index contributed by atoms with van der Waals surface area (Å²) < 4.78 is 0. The number of aliphatic hydroxyl groups is 1. The monoisotopic (exact) mass is 195 g/mol. The Morgan fingerprint density at radius 3 is 2.79 bits per heavy atom. The molecule has 2 heteroatoms. The second kappa shape index (κ2) is 4.45. The molecule has 2 rings (SSSR count). The van der Waals surface area contributed by atoms with Crippen molar-refractivity contribution in [3.63, 3.8) is 0 Å². The van der Waals surface area contributed by atoms with Crippen LogP contribution >= 0.6 is 0 Å². The highest BCUT2D eigenvalue weighted by atomic mass is 16.3. The second-order valence-corrected chi connectivity index (χ2v) is 4.86. The molecule has 1 saturated carbocycles. The Morgan fingerprint density at radius 2 is 2.21 bits per heavy atom. The molecule has 0 saturated heterocycles. The van der Waals surface area contributed by atoms with Crippen molar-refractivity contribution < 1.29 is 5.11 Å². The summed E-state index contributed by atoms with van der Waals surface area (Å²) in [6.07, 6.45) is 11.5. The van der Waals surface area contributed by atoms with Crippen LogP contribution in [0.2, 0.25) is 0 Å². The molecule has 2 aliphatic carbocycles. The minimum absolute atomic E-state index is 0.357. The van der Waals surface area contributed by atoms with Crippen LogP contribution < -0.4 is 5.32 Å². The fraction of sp³-hybridized carbons (Fsp3) is 0.833. The lowest BCUT2D eigenvalue weighted by atomic mass is 9.80. The largest absolute Gasteiger partial charge is 0.389 e. The topological polar surface area (TPSA) is 32.3 Å². The van der Waals surface area contributed by atoms with Crippen molar-refractivity contribution in [2.24, 2.45) is 5.92 Å². The van der Waals surface area contributed by atoms with Crippen molar-refractivity contribution >= 4 is 0 Å². The molecule has 14 heavy (non-hydrogen) atoms. The van der Waals surface area contributed by atoms with E-state index in [1.165, 1.54) is 25.7 Å². The van der Waals surface area contributed by atoms with Gasteiger partial charge >= 0.3 is 0 Å². The minimum Gasteiger partial charge on any atom is -0.389 e. The Bertz CT molecular complexity index is 208. The number of rotatable bonds is 4. The van der Waals surface area contributed by atoms with Gasteiger partial charge in [0.2, 0.25) is 0 Å². The molecule has 0 aromatic rings. The molecule has 0 heterocycles. The average molecular weight is 195 g/mol. The van der Waals surface area contributed by atoms with Crippen LogP contribution in [0.1, 0.15) is 38.5 Å². The molecule has 0 radical (unpaired) electrons. The third-order valence-electron chi connectivity index (χ3n) is 3.55. The average Bonchev–Trinajstić information content (AvgIpc) is 2.17. The summed E-state index contributed by atoms with van der Waals surface area (Å²) in [5, 5.41) is 13.3.